The molecule has 1 rings (SSSR count). The molecule has 0 aromatic rings. The van der Waals surface area contributed by atoms with Crippen LogP contribution in [0.5, 0.6) is 0 Å². The molecule has 1 fully saturated rings. The van der Waals surface area contributed by atoms with Crippen LogP contribution in [0, 0.1) is 18.3 Å². The normalized spacial score (nSPS) is 20.2. The molecule has 0 radical (unpaired) electrons. The highest BCUT2D eigenvalue weighted by Gasteiger charge is 2.20. The minimum atomic E-state index is 0.0901. The van der Waals surface area contributed by atoms with E-state index in [2.05, 4.69) is 18.2 Å². The number of likely N-dealkylation sites (tertiary alicyclic amines) is 1. The molecule has 1 atom stereocenters. The van der Waals surface area contributed by atoms with Crippen molar-refractivity contribution in [2.75, 3.05) is 19.6 Å². The second-order valence-electron chi connectivity index (χ2n) is 4.59. The predicted octanol–water partition coefficient (Wildman–Crippen LogP) is 2.23. The van der Waals surface area contributed by atoms with Crippen LogP contribution in [0.2, 0.25) is 0 Å². The minimum Gasteiger partial charge on any atom is -0.338 e. The van der Waals surface area contributed by atoms with Gasteiger partial charge in [-0.3, -0.25) is 0 Å². The van der Waals surface area contributed by atoms with Gasteiger partial charge >= 0.3 is 6.03 Å². The molecular weight excluding hydrogens is 200 g/mol. The van der Waals surface area contributed by atoms with Crippen LogP contribution >= 0.6 is 0 Å². The number of nitrogens with zero attached hydrogens (tertiary/aromatic N) is 1. The Balaban J connectivity index is 2.12. The van der Waals surface area contributed by atoms with Gasteiger partial charge in [-0.2, -0.15) is 0 Å². The van der Waals surface area contributed by atoms with Gasteiger partial charge in [-0.1, -0.05) is 6.92 Å². The Morgan fingerprint density at radius 1 is 1.56 bits per heavy atom. The molecule has 1 aliphatic heterocycles. The number of urea groups is 1. The van der Waals surface area contributed by atoms with Gasteiger partial charge in [-0.25, -0.2) is 4.79 Å². The minimum absolute atomic E-state index is 0.0901. The number of nitrogens with one attached hydrogen (secondary N) is 1. The van der Waals surface area contributed by atoms with E-state index < -0.39 is 0 Å². The SMILES string of the molecule is C#CCCCCNC(=O)N1CCCC(C)C1. The van der Waals surface area contributed by atoms with Gasteiger partial charge in [0.15, 0.2) is 0 Å². The maximum Gasteiger partial charge on any atom is 0.317 e. The highest BCUT2D eigenvalue weighted by Crippen LogP contribution is 2.15. The maximum absolute atomic E-state index is 11.8. The van der Waals surface area contributed by atoms with Crippen molar-refractivity contribution in [2.45, 2.75) is 39.0 Å². The molecule has 2 amide bonds. The second kappa shape index (κ2) is 7.16. The van der Waals surface area contributed by atoms with Crippen LogP contribution in [-0.4, -0.2) is 30.6 Å². The van der Waals surface area contributed by atoms with Gasteiger partial charge in [0.25, 0.3) is 0 Å². The number of carbonyl (C=O) groups is 1. The summed E-state index contributed by atoms with van der Waals surface area (Å²) in [6.45, 7) is 4.74. The van der Waals surface area contributed by atoms with Crippen molar-refractivity contribution in [1.29, 1.82) is 0 Å². The number of carbonyl (C=O) groups excluding carboxylic acids is 1. The van der Waals surface area contributed by atoms with Crippen molar-refractivity contribution < 1.29 is 4.79 Å². The Labute approximate surface area is 98.6 Å². The lowest BCUT2D eigenvalue weighted by Crippen LogP contribution is -2.45. The second-order valence-corrected chi connectivity index (χ2v) is 4.59. The van der Waals surface area contributed by atoms with Crippen LogP contribution in [0.4, 0.5) is 4.79 Å². The largest absolute Gasteiger partial charge is 0.338 e. The Morgan fingerprint density at radius 3 is 3.06 bits per heavy atom. The van der Waals surface area contributed by atoms with Gasteiger partial charge in [0.1, 0.15) is 0 Å². The van der Waals surface area contributed by atoms with Crippen molar-refractivity contribution in [3.8, 4) is 12.3 Å². The van der Waals surface area contributed by atoms with Crippen molar-refractivity contribution in [3.63, 3.8) is 0 Å². The van der Waals surface area contributed by atoms with E-state index in [1.165, 1.54) is 6.42 Å². The van der Waals surface area contributed by atoms with Crippen LogP contribution < -0.4 is 5.32 Å². The third-order valence-corrected chi connectivity index (χ3v) is 2.97. The Bertz CT molecular complexity index is 257. The molecule has 1 N–H and O–H groups in total. The summed E-state index contributed by atoms with van der Waals surface area (Å²) in [5.74, 6) is 3.24. The Morgan fingerprint density at radius 2 is 2.38 bits per heavy atom. The molecule has 0 aromatic heterocycles. The van der Waals surface area contributed by atoms with Crippen molar-refractivity contribution in [3.05, 3.63) is 0 Å². The van der Waals surface area contributed by atoms with Gasteiger partial charge in [-0.15, -0.1) is 12.3 Å². The number of unbranched alkanes of at least 4 members (excludes halogenated alkanes) is 2. The quantitative estimate of drug-likeness (QED) is 0.574. The first kappa shape index (κ1) is 12.9. The molecule has 0 bridgehead atoms. The molecule has 0 saturated carbocycles. The summed E-state index contributed by atoms with van der Waals surface area (Å²) in [5, 5.41) is 2.95. The summed E-state index contributed by atoms with van der Waals surface area (Å²) in [6, 6.07) is 0.0901. The fraction of sp³-hybridized carbons (Fsp3) is 0.769. The zero-order valence-electron chi connectivity index (χ0n) is 10.2. The number of terminal acetylenes is 1. The molecule has 1 aliphatic rings. The summed E-state index contributed by atoms with van der Waals surface area (Å²) >= 11 is 0. The monoisotopic (exact) mass is 222 g/mol. The summed E-state index contributed by atoms with van der Waals surface area (Å²) in [4.78, 5) is 13.7. The fourth-order valence-electron chi connectivity index (χ4n) is 2.03. The predicted molar refractivity (Wildman–Crippen MR) is 66.1 cm³/mol. The molecule has 1 unspecified atom stereocenters. The summed E-state index contributed by atoms with van der Waals surface area (Å²) < 4.78 is 0. The first-order valence-electron chi connectivity index (χ1n) is 6.20. The van der Waals surface area contributed by atoms with Gasteiger partial charge in [-0.05, 0) is 31.6 Å². The topological polar surface area (TPSA) is 32.3 Å². The Kier molecular flexibility index (Phi) is 5.77. The molecule has 1 saturated heterocycles. The third-order valence-electron chi connectivity index (χ3n) is 2.97. The summed E-state index contributed by atoms with van der Waals surface area (Å²) in [5.41, 5.74) is 0. The van der Waals surface area contributed by atoms with Gasteiger partial charge in [0, 0.05) is 26.1 Å². The highest BCUT2D eigenvalue weighted by molar-refractivity contribution is 5.74. The van der Waals surface area contributed by atoms with E-state index in [1.54, 1.807) is 0 Å². The van der Waals surface area contributed by atoms with Crippen LogP contribution in [0.25, 0.3) is 0 Å². The number of amides is 2. The first-order valence-corrected chi connectivity index (χ1v) is 6.20. The van der Waals surface area contributed by atoms with Crippen LogP contribution in [-0.2, 0) is 0 Å². The summed E-state index contributed by atoms with van der Waals surface area (Å²) in [6.07, 6.45) is 10.3. The number of rotatable bonds is 4. The molecule has 16 heavy (non-hydrogen) atoms. The smallest absolute Gasteiger partial charge is 0.317 e. The first-order chi connectivity index (χ1) is 7.74. The number of piperidine rings is 1. The number of hydrogen-bond acceptors (Lipinski definition) is 1. The van der Waals surface area contributed by atoms with E-state index in [4.69, 9.17) is 6.42 Å². The molecule has 3 heteroatoms. The highest BCUT2D eigenvalue weighted by atomic mass is 16.2. The molecule has 0 aliphatic carbocycles. The molecule has 0 aromatic carbocycles. The lowest BCUT2D eigenvalue weighted by atomic mass is 10.0. The van der Waals surface area contributed by atoms with E-state index in [0.717, 1.165) is 45.3 Å². The van der Waals surface area contributed by atoms with Crippen molar-refractivity contribution in [1.82, 2.24) is 10.2 Å². The van der Waals surface area contributed by atoms with E-state index in [-0.39, 0.29) is 6.03 Å². The molecule has 3 nitrogen and oxygen atoms in total. The van der Waals surface area contributed by atoms with Crippen LogP contribution in [0.3, 0.4) is 0 Å². The zero-order chi connectivity index (χ0) is 11.8. The molecular formula is C13H22N2O. The van der Waals surface area contributed by atoms with Gasteiger partial charge < -0.3 is 10.2 Å². The van der Waals surface area contributed by atoms with Gasteiger partial charge in [0.05, 0.1) is 0 Å². The molecule has 90 valence electrons. The standard InChI is InChI=1S/C13H22N2O/c1-3-4-5-6-9-14-13(16)15-10-7-8-12(2)11-15/h1,12H,4-11H2,2H3,(H,14,16). The lowest BCUT2D eigenvalue weighted by molar-refractivity contribution is 0.169. The average Bonchev–Trinajstić information content (AvgIpc) is 2.28. The van der Waals surface area contributed by atoms with E-state index in [1.807, 2.05) is 4.90 Å². The van der Waals surface area contributed by atoms with Crippen molar-refractivity contribution in [2.24, 2.45) is 5.92 Å². The maximum atomic E-state index is 11.8. The third kappa shape index (κ3) is 4.57. The summed E-state index contributed by atoms with van der Waals surface area (Å²) in [7, 11) is 0. The Hall–Kier alpha value is -1.17. The van der Waals surface area contributed by atoms with Gasteiger partial charge in [0.2, 0.25) is 0 Å². The fourth-order valence-corrected chi connectivity index (χ4v) is 2.03. The van der Waals surface area contributed by atoms with E-state index >= 15 is 0 Å². The van der Waals surface area contributed by atoms with Crippen molar-refractivity contribution >= 4 is 6.03 Å². The average molecular weight is 222 g/mol. The van der Waals surface area contributed by atoms with E-state index in [0.29, 0.717) is 5.92 Å². The van der Waals surface area contributed by atoms with Crippen LogP contribution in [0.15, 0.2) is 0 Å². The van der Waals surface area contributed by atoms with Crippen LogP contribution in [0.1, 0.15) is 39.0 Å². The lowest BCUT2D eigenvalue weighted by Gasteiger charge is -2.30. The molecule has 1 heterocycles. The zero-order valence-corrected chi connectivity index (χ0v) is 10.2. The van der Waals surface area contributed by atoms with E-state index in [9.17, 15) is 4.79 Å². The number of hydrogen-bond donors (Lipinski definition) is 1. The molecule has 0 spiro atoms.